The van der Waals surface area contributed by atoms with Gasteiger partial charge in [-0.15, -0.1) is 0 Å². The summed E-state index contributed by atoms with van der Waals surface area (Å²) >= 11 is 0. The van der Waals surface area contributed by atoms with Crippen LogP contribution < -0.4 is 4.74 Å². The van der Waals surface area contributed by atoms with Crippen LogP contribution in [0.5, 0.6) is 5.75 Å². The van der Waals surface area contributed by atoms with Crippen molar-refractivity contribution in [3.63, 3.8) is 0 Å². The van der Waals surface area contributed by atoms with E-state index in [1.54, 1.807) is 12.1 Å². The van der Waals surface area contributed by atoms with Gasteiger partial charge in [0.1, 0.15) is 17.2 Å². The van der Waals surface area contributed by atoms with Crippen molar-refractivity contribution < 1.29 is 18.7 Å². The molecule has 4 heteroatoms. The van der Waals surface area contributed by atoms with Gasteiger partial charge < -0.3 is 9.47 Å². The van der Waals surface area contributed by atoms with Crippen molar-refractivity contribution in [3.05, 3.63) is 65.5 Å². The minimum Gasteiger partial charge on any atom is -0.488 e. The first-order valence-corrected chi connectivity index (χ1v) is 7.90. The summed E-state index contributed by atoms with van der Waals surface area (Å²) in [5.41, 5.74) is 1.28. The molecular formula is C20H23FO3. The molecule has 0 fully saturated rings. The molecule has 0 aliphatic heterocycles. The summed E-state index contributed by atoms with van der Waals surface area (Å²) in [5, 5.41) is 0. The summed E-state index contributed by atoms with van der Waals surface area (Å²) in [7, 11) is 1.36. The van der Waals surface area contributed by atoms with E-state index in [0.29, 0.717) is 6.42 Å². The summed E-state index contributed by atoms with van der Waals surface area (Å²) in [6.07, 6.45) is 0.379. The first kappa shape index (κ1) is 18.0. The van der Waals surface area contributed by atoms with E-state index in [1.807, 2.05) is 45.0 Å². The molecule has 2 rings (SSSR count). The van der Waals surface area contributed by atoms with Gasteiger partial charge >= 0.3 is 5.97 Å². The highest BCUT2D eigenvalue weighted by Gasteiger charge is 2.22. The zero-order valence-corrected chi connectivity index (χ0v) is 14.5. The number of halogens is 1. The van der Waals surface area contributed by atoms with Crippen LogP contribution in [0.4, 0.5) is 4.39 Å². The highest BCUT2D eigenvalue weighted by atomic mass is 19.1. The first-order valence-electron chi connectivity index (χ1n) is 7.90. The van der Waals surface area contributed by atoms with E-state index >= 15 is 0 Å². The Morgan fingerprint density at radius 1 is 1.12 bits per heavy atom. The number of esters is 1. The van der Waals surface area contributed by atoms with Crippen LogP contribution in [-0.2, 0) is 16.0 Å². The van der Waals surface area contributed by atoms with Gasteiger partial charge in [-0.1, -0.05) is 24.3 Å². The minimum absolute atomic E-state index is 0.287. The number of rotatable bonds is 5. The Bertz CT molecular complexity index is 687. The molecule has 3 nitrogen and oxygen atoms in total. The quantitative estimate of drug-likeness (QED) is 0.757. The molecule has 0 saturated carbocycles. The number of carbonyl (C=O) groups is 1. The third-order valence-electron chi connectivity index (χ3n) is 3.52. The van der Waals surface area contributed by atoms with E-state index in [2.05, 4.69) is 0 Å². The van der Waals surface area contributed by atoms with Crippen LogP contribution in [0.15, 0.2) is 48.5 Å². The number of methoxy groups -OCH3 is 1. The summed E-state index contributed by atoms with van der Waals surface area (Å²) in [4.78, 5) is 12.2. The zero-order chi connectivity index (χ0) is 17.7. The molecule has 0 heterocycles. The van der Waals surface area contributed by atoms with Crippen LogP contribution in [-0.4, -0.2) is 18.7 Å². The van der Waals surface area contributed by atoms with Crippen molar-refractivity contribution in [2.24, 2.45) is 0 Å². The number of hydrogen-bond donors (Lipinski definition) is 0. The van der Waals surface area contributed by atoms with Gasteiger partial charge in [0.05, 0.1) is 13.0 Å². The molecule has 0 radical (unpaired) electrons. The molecule has 1 unspecified atom stereocenters. The Hall–Kier alpha value is -2.36. The predicted octanol–water partition coefficient (Wildman–Crippen LogP) is 4.50. The Morgan fingerprint density at radius 3 is 2.33 bits per heavy atom. The molecule has 1 atom stereocenters. The first-order chi connectivity index (χ1) is 11.3. The van der Waals surface area contributed by atoms with E-state index in [4.69, 9.17) is 9.47 Å². The summed E-state index contributed by atoms with van der Waals surface area (Å²) in [6, 6.07) is 13.6. The second kappa shape index (κ2) is 7.47. The van der Waals surface area contributed by atoms with Crippen LogP contribution in [0.3, 0.4) is 0 Å². The van der Waals surface area contributed by atoms with E-state index < -0.39 is 5.92 Å². The molecule has 0 aliphatic carbocycles. The van der Waals surface area contributed by atoms with Gasteiger partial charge in [-0.25, -0.2) is 4.39 Å². The molecule has 0 aromatic heterocycles. The molecule has 0 N–H and O–H groups in total. The SMILES string of the molecule is COC(=O)C(Cc1cccc(F)c1)c1ccc(OC(C)(C)C)cc1. The van der Waals surface area contributed by atoms with E-state index in [0.717, 1.165) is 16.9 Å². The second-order valence-electron chi connectivity index (χ2n) is 6.69. The van der Waals surface area contributed by atoms with Crippen molar-refractivity contribution in [3.8, 4) is 5.75 Å². The summed E-state index contributed by atoms with van der Waals surface area (Å²) < 4.78 is 24.1. The Kier molecular flexibility index (Phi) is 5.60. The van der Waals surface area contributed by atoms with Gasteiger partial charge in [0.2, 0.25) is 0 Å². The fraction of sp³-hybridized carbons (Fsp3) is 0.350. The normalized spacial score (nSPS) is 12.5. The lowest BCUT2D eigenvalue weighted by molar-refractivity contribution is -0.142. The maximum Gasteiger partial charge on any atom is 0.313 e. The number of carbonyl (C=O) groups excluding carboxylic acids is 1. The van der Waals surface area contributed by atoms with Gasteiger partial charge in [-0.05, 0) is 62.6 Å². The number of hydrogen-bond acceptors (Lipinski definition) is 3. The molecule has 0 amide bonds. The highest BCUT2D eigenvalue weighted by molar-refractivity contribution is 5.78. The molecule has 24 heavy (non-hydrogen) atoms. The molecule has 2 aromatic rings. The van der Waals surface area contributed by atoms with Gasteiger partial charge in [-0.3, -0.25) is 4.79 Å². The second-order valence-corrected chi connectivity index (χ2v) is 6.69. The molecule has 0 aliphatic rings. The molecule has 2 aromatic carbocycles. The number of ether oxygens (including phenoxy) is 2. The van der Waals surface area contributed by atoms with Crippen molar-refractivity contribution in [2.75, 3.05) is 7.11 Å². The summed E-state index contributed by atoms with van der Waals surface area (Å²) in [6.45, 7) is 5.92. The average Bonchev–Trinajstić information content (AvgIpc) is 2.51. The largest absolute Gasteiger partial charge is 0.488 e. The third kappa shape index (κ3) is 5.08. The van der Waals surface area contributed by atoms with E-state index in [-0.39, 0.29) is 17.4 Å². The Balaban J connectivity index is 2.23. The third-order valence-corrected chi connectivity index (χ3v) is 3.52. The van der Waals surface area contributed by atoms with Crippen molar-refractivity contribution in [1.82, 2.24) is 0 Å². The molecule has 0 bridgehead atoms. The molecular weight excluding hydrogens is 307 g/mol. The topological polar surface area (TPSA) is 35.5 Å². The van der Waals surface area contributed by atoms with E-state index in [9.17, 15) is 9.18 Å². The van der Waals surface area contributed by atoms with Crippen LogP contribution in [0.25, 0.3) is 0 Å². The smallest absolute Gasteiger partial charge is 0.313 e. The highest BCUT2D eigenvalue weighted by Crippen LogP contribution is 2.26. The van der Waals surface area contributed by atoms with Crippen molar-refractivity contribution in [1.29, 1.82) is 0 Å². The summed E-state index contributed by atoms with van der Waals surface area (Å²) in [5.74, 6) is -0.407. The van der Waals surface area contributed by atoms with Crippen LogP contribution in [0, 0.1) is 5.82 Å². The molecule has 0 saturated heterocycles. The average molecular weight is 330 g/mol. The standard InChI is InChI=1S/C20H23FO3/c1-20(2,3)24-17-10-8-15(9-11-17)18(19(22)23-4)13-14-6-5-7-16(21)12-14/h5-12,18H,13H2,1-4H3. The fourth-order valence-corrected chi connectivity index (χ4v) is 2.50. The van der Waals surface area contributed by atoms with Gasteiger partial charge in [0, 0.05) is 0 Å². The fourth-order valence-electron chi connectivity index (χ4n) is 2.50. The number of benzene rings is 2. The maximum atomic E-state index is 13.4. The minimum atomic E-state index is -0.486. The monoisotopic (exact) mass is 330 g/mol. The van der Waals surface area contributed by atoms with Crippen molar-refractivity contribution >= 4 is 5.97 Å². The zero-order valence-electron chi connectivity index (χ0n) is 14.5. The van der Waals surface area contributed by atoms with Gasteiger partial charge in [0.25, 0.3) is 0 Å². The lowest BCUT2D eigenvalue weighted by Crippen LogP contribution is -2.23. The Morgan fingerprint density at radius 2 is 1.79 bits per heavy atom. The van der Waals surface area contributed by atoms with Crippen molar-refractivity contribution in [2.45, 2.75) is 38.7 Å². The predicted molar refractivity (Wildman–Crippen MR) is 91.7 cm³/mol. The van der Waals surface area contributed by atoms with Crippen LogP contribution in [0.1, 0.15) is 37.8 Å². The van der Waals surface area contributed by atoms with Gasteiger partial charge in [0.15, 0.2) is 0 Å². The lowest BCUT2D eigenvalue weighted by atomic mass is 9.92. The molecule has 128 valence electrons. The van der Waals surface area contributed by atoms with Crippen LogP contribution >= 0.6 is 0 Å². The van der Waals surface area contributed by atoms with E-state index in [1.165, 1.54) is 19.2 Å². The Labute approximate surface area is 142 Å². The maximum absolute atomic E-state index is 13.4. The van der Waals surface area contributed by atoms with Crippen LogP contribution in [0.2, 0.25) is 0 Å². The molecule has 0 spiro atoms. The van der Waals surface area contributed by atoms with Gasteiger partial charge in [-0.2, -0.15) is 0 Å². The lowest BCUT2D eigenvalue weighted by Gasteiger charge is -2.22.